The Morgan fingerprint density at radius 1 is 0.923 bits per heavy atom. The first-order valence-corrected chi connectivity index (χ1v) is 8.61. The van der Waals surface area contributed by atoms with Crippen molar-refractivity contribution in [3.63, 3.8) is 0 Å². The number of rotatable bonds is 9. The molecular weight excluding hydrogens is 332 g/mol. The van der Waals surface area contributed by atoms with Crippen molar-refractivity contribution in [3.05, 3.63) is 53.6 Å². The second-order valence-corrected chi connectivity index (χ2v) is 5.87. The first kappa shape index (κ1) is 19.6. The van der Waals surface area contributed by atoms with Crippen molar-refractivity contribution in [2.45, 2.75) is 25.7 Å². The molecule has 2 aromatic rings. The van der Waals surface area contributed by atoms with Crippen LogP contribution in [0.1, 0.15) is 30.4 Å². The predicted molar refractivity (Wildman–Crippen MR) is 100 cm³/mol. The van der Waals surface area contributed by atoms with Crippen molar-refractivity contribution in [2.75, 3.05) is 27.9 Å². The zero-order chi connectivity index (χ0) is 18.9. The molecule has 0 saturated heterocycles. The van der Waals surface area contributed by atoms with Crippen LogP contribution in [0.25, 0.3) is 0 Å². The smallest absolute Gasteiger partial charge is 0.306 e. The summed E-state index contributed by atoms with van der Waals surface area (Å²) < 4.78 is 21.0. The van der Waals surface area contributed by atoms with Gasteiger partial charge in [0, 0.05) is 0 Å². The Bertz CT molecular complexity index is 709. The van der Waals surface area contributed by atoms with E-state index in [-0.39, 0.29) is 11.9 Å². The van der Waals surface area contributed by atoms with Crippen LogP contribution in [0.4, 0.5) is 0 Å². The van der Waals surface area contributed by atoms with Gasteiger partial charge in [-0.15, -0.1) is 0 Å². The van der Waals surface area contributed by atoms with Gasteiger partial charge in [-0.2, -0.15) is 0 Å². The van der Waals surface area contributed by atoms with Crippen molar-refractivity contribution >= 4 is 5.97 Å². The van der Waals surface area contributed by atoms with E-state index in [1.165, 1.54) is 0 Å². The minimum absolute atomic E-state index is 0.00180. The minimum atomic E-state index is -0.200. The molecule has 0 aliphatic heterocycles. The molecule has 5 heteroatoms. The maximum Gasteiger partial charge on any atom is 0.306 e. The molecule has 0 aliphatic carbocycles. The highest BCUT2D eigenvalue weighted by Crippen LogP contribution is 2.32. The molecule has 0 fully saturated rings. The van der Waals surface area contributed by atoms with E-state index in [1.807, 2.05) is 49.4 Å². The SMILES string of the molecule is CCOC(=O)CC(Cc1ccc(OC)c(OC)c1)c1ccc(OC)cc1. The van der Waals surface area contributed by atoms with Crippen LogP contribution >= 0.6 is 0 Å². The molecule has 0 bridgehead atoms. The van der Waals surface area contributed by atoms with Crippen LogP contribution in [0.5, 0.6) is 17.2 Å². The Kier molecular flexibility index (Phi) is 7.33. The summed E-state index contributed by atoms with van der Waals surface area (Å²) in [7, 11) is 4.86. The molecule has 1 unspecified atom stereocenters. The molecule has 0 aliphatic rings. The maximum absolute atomic E-state index is 12.1. The number of hydrogen-bond donors (Lipinski definition) is 0. The van der Waals surface area contributed by atoms with E-state index in [4.69, 9.17) is 18.9 Å². The summed E-state index contributed by atoms with van der Waals surface area (Å²) in [6, 6.07) is 13.6. The van der Waals surface area contributed by atoms with Crippen LogP contribution < -0.4 is 14.2 Å². The summed E-state index contributed by atoms with van der Waals surface area (Å²) in [6.07, 6.45) is 1.00. The second-order valence-electron chi connectivity index (χ2n) is 5.87. The van der Waals surface area contributed by atoms with Crippen LogP contribution in [-0.4, -0.2) is 33.9 Å². The van der Waals surface area contributed by atoms with Gasteiger partial charge in [0.2, 0.25) is 0 Å². The number of hydrogen-bond acceptors (Lipinski definition) is 5. The van der Waals surface area contributed by atoms with Crippen LogP contribution in [-0.2, 0) is 16.0 Å². The van der Waals surface area contributed by atoms with E-state index in [2.05, 4.69) is 0 Å². The molecule has 0 aromatic heterocycles. The summed E-state index contributed by atoms with van der Waals surface area (Å²) in [5.41, 5.74) is 2.13. The quantitative estimate of drug-likeness (QED) is 0.635. The van der Waals surface area contributed by atoms with E-state index >= 15 is 0 Å². The van der Waals surface area contributed by atoms with Crippen molar-refractivity contribution in [1.82, 2.24) is 0 Å². The molecule has 26 heavy (non-hydrogen) atoms. The average molecular weight is 358 g/mol. The highest BCUT2D eigenvalue weighted by Gasteiger charge is 2.19. The Balaban J connectivity index is 2.26. The Morgan fingerprint density at radius 2 is 1.62 bits per heavy atom. The average Bonchev–Trinajstić information content (AvgIpc) is 2.67. The van der Waals surface area contributed by atoms with Crippen LogP contribution in [0.2, 0.25) is 0 Å². The molecule has 2 rings (SSSR count). The lowest BCUT2D eigenvalue weighted by molar-refractivity contribution is -0.143. The van der Waals surface area contributed by atoms with E-state index in [0.717, 1.165) is 16.9 Å². The number of esters is 1. The van der Waals surface area contributed by atoms with Gasteiger partial charge in [-0.05, 0) is 54.7 Å². The number of carbonyl (C=O) groups excluding carboxylic acids is 1. The van der Waals surface area contributed by atoms with Crippen molar-refractivity contribution in [3.8, 4) is 17.2 Å². The summed E-state index contributed by atoms with van der Waals surface area (Å²) in [5, 5.41) is 0. The van der Waals surface area contributed by atoms with Crippen molar-refractivity contribution < 1.29 is 23.7 Å². The monoisotopic (exact) mass is 358 g/mol. The molecular formula is C21H26O5. The van der Waals surface area contributed by atoms with E-state index in [1.54, 1.807) is 21.3 Å². The van der Waals surface area contributed by atoms with Gasteiger partial charge in [-0.25, -0.2) is 0 Å². The summed E-state index contributed by atoms with van der Waals surface area (Å²) in [6.45, 7) is 2.19. The van der Waals surface area contributed by atoms with E-state index in [9.17, 15) is 4.79 Å². The van der Waals surface area contributed by atoms with Gasteiger partial charge >= 0.3 is 5.97 Å². The van der Waals surface area contributed by atoms with Crippen LogP contribution in [0.3, 0.4) is 0 Å². The summed E-state index contributed by atoms with van der Waals surface area (Å²) in [5.74, 6) is 1.94. The Morgan fingerprint density at radius 3 is 2.19 bits per heavy atom. The normalized spacial score (nSPS) is 11.5. The molecule has 0 N–H and O–H groups in total. The maximum atomic E-state index is 12.1. The first-order chi connectivity index (χ1) is 12.6. The third-order valence-corrected chi connectivity index (χ3v) is 4.24. The number of benzene rings is 2. The number of ether oxygens (including phenoxy) is 4. The van der Waals surface area contributed by atoms with E-state index in [0.29, 0.717) is 30.9 Å². The third-order valence-electron chi connectivity index (χ3n) is 4.24. The lowest BCUT2D eigenvalue weighted by atomic mass is 9.89. The van der Waals surface area contributed by atoms with Gasteiger partial charge in [0.25, 0.3) is 0 Å². The second kappa shape index (κ2) is 9.70. The number of carbonyl (C=O) groups is 1. The predicted octanol–water partition coefficient (Wildman–Crippen LogP) is 3.99. The lowest BCUT2D eigenvalue weighted by Gasteiger charge is -2.18. The largest absolute Gasteiger partial charge is 0.497 e. The standard InChI is InChI=1S/C21H26O5/c1-5-26-21(22)14-17(16-7-9-18(23-2)10-8-16)12-15-6-11-19(24-3)20(13-15)25-4/h6-11,13,17H,5,12,14H2,1-4H3. The fraction of sp³-hybridized carbons (Fsp3) is 0.381. The Labute approximate surface area is 154 Å². The minimum Gasteiger partial charge on any atom is -0.497 e. The van der Waals surface area contributed by atoms with Gasteiger partial charge in [-0.1, -0.05) is 18.2 Å². The molecule has 0 amide bonds. The van der Waals surface area contributed by atoms with Gasteiger partial charge in [-0.3, -0.25) is 4.79 Å². The van der Waals surface area contributed by atoms with Gasteiger partial charge in [0.05, 0.1) is 34.4 Å². The zero-order valence-electron chi connectivity index (χ0n) is 15.8. The van der Waals surface area contributed by atoms with Crippen LogP contribution in [0.15, 0.2) is 42.5 Å². The van der Waals surface area contributed by atoms with Crippen molar-refractivity contribution in [1.29, 1.82) is 0 Å². The van der Waals surface area contributed by atoms with E-state index < -0.39 is 0 Å². The molecule has 140 valence electrons. The van der Waals surface area contributed by atoms with Crippen molar-refractivity contribution in [2.24, 2.45) is 0 Å². The fourth-order valence-electron chi connectivity index (χ4n) is 2.90. The fourth-order valence-corrected chi connectivity index (χ4v) is 2.90. The molecule has 5 nitrogen and oxygen atoms in total. The molecule has 0 radical (unpaired) electrons. The highest BCUT2D eigenvalue weighted by atomic mass is 16.5. The molecule has 0 heterocycles. The first-order valence-electron chi connectivity index (χ1n) is 8.61. The molecule has 2 aromatic carbocycles. The topological polar surface area (TPSA) is 54.0 Å². The molecule has 1 atom stereocenters. The molecule has 0 spiro atoms. The van der Waals surface area contributed by atoms with Crippen LogP contribution in [0, 0.1) is 0 Å². The Hall–Kier alpha value is -2.69. The lowest BCUT2D eigenvalue weighted by Crippen LogP contribution is -2.13. The zero-order valence-corrected chi connectivity index (χ0v) is 15.8. The summed E-state index contributed by atoms with van der Waals surface area (Å²) in [4.78, 5) is 12.1. The van der Waals surface area contributed by atoms with Gasteiger partial charge in [0.1, 0.15) is 5.75 Å². The third kappa shape index (κ3) is 5.15. The number of methoxy groups -OCH3 is 3. The highest BCUT2D eigenvalue weighted by molar-refractivity contribution is 5.70. The van der Waals surface area contributed by atoms with Gasteiger partial charge < -0.3 is 18.9 Å². The van der Waals surface area contributed by atoms with Gasteiger partial charge in [0.15, 0.2) is 11.5 Å². The summed E-state index contributed by atoms with van der Waals surface area (Å²) >= 11 is 0. The molecule has 0 saturated carbocycles.